The maximum Gasteiger partial charge on any atom is 0.243 e. The quantitative estimate of drug-likeness (QED) is 0.695. The van der Waals surface area contributed by atoms with Crippen molar-refractivity contribution in [3.63, 3.8) is 0 Å². The number of fused-ring (bicyclic) bond motifs is 1. The number of amides is 2. The molecule has 30 heavy (non-hydrogen) atoms. The van der Waals surface area contributed by atoms with E-state index in [1.54, 1.807) is 11.3 Å². The third-order valence-electron chi connectivity index (χ3n) is 6.93. The van der Waals surface area contributed by atoms with Crippen molar-refractivity contribution in [3.8, 4) is 0 Å². The summed E-state index contributed by atoms with van der Waals surface area (Å²) in [6.45, 7) is 0.963. The van der Waals surface area contributed by atoms with Crippen LogP contribution in [0.1, 0.15) is 67.0 Å². The van der Waals surface area contributed by atoms with E-state index in [-0.39, 0.29) is 36.4 Å². The first kappa shape index (κ1) is 19.8. The molecule has 0 spiro atoms. The van der Waals surface area contributed by atoms with Crippen molar-refractivity contribution >= 4 is 23.2 Å². The van der Waals surface area contributed by atoms with Gasteiger partial charge in [-0.15, -0.1) is 11.3 Å². The predicted molar refractivity (Wildman–Crippen MR) is 119 cm³/mol. The highest BCUT2D eigenvalue weighted by molar-refractivity contribution is 7.10. The Morgan fingerprint density at radius 3 is 2.50 bits per heavy atom. The topological polar surface area (TPSA) is 40.6 Å². The molecule has 2 heterocycles. The molecular weight excluding hydrogens is 392 g/mol. The van der Waals surface area contributed by atoms with Crippen LogP contribution in [0, 0.1) is 5.92 Å². The van der Waals surface area contributed by atoms with E-state index in [1.165, 1.54) is 16.9 Å². The van der Waals surface area contributed by atoms with Crippen molar-refractivity contribution < 1.29 is 9.59 Å². The SMILES string of the molecule is O=C(C1CCCCC1)N(CC(=O)N1CCc2sccc2C1c1ccccc1)C1CC1. The number of carbonyl (C=O) groups excluding carboxylic acids is 2. The number of nitrogens with zero attached hydrogens (tertiary/aromatic N) is 2. The summed E-state index contributed by atoms with van der Waals surface area (Å²) in [6, 6.07) is 12.7. The number of rotatable bonds is 5. The van der Waals surface area contributed by atoms with E-state index >= 15 is 0 Å². The zero-order valence-corrected chi connectivity index (χ0v) is 18.3. The Morgan fingerprint density at radius 2 is 1.77 bits per heavy atom. The van der Waals surface area contributed by atoms with Crippen molar-refractivity contribution in [2.45, 2.75) is 63.5 Å². The third kappa shape index (κ3) is 3.92. The molecule has 2 aliphatic carbocycles. The van der Waals surface area contributed by atoms with Gasteiger partial charge < -0.3 is 9.80 Å². The number of hydrogen-bond acceptors (Lipinski definition) is 3. The van der Waals surface area contributed by atoms with Gasteiger partial charge >= 0.3 is 0 Å². The lowest BCUT2D eigenvalue weighted by molar-refractivity contribution is -0.145. The monoisotopic (exact) mass is 422 g/mol. The molecule has 2 saturated carbocycles. The molecule has 1 atom stereocenters. The number of thiophene rings is 1. The van der Waals surface area contributed by atoms with E-state index in [0.29, 0.717) is 0 Å². The van der Waals surface area contributed by atoms with Crippen molar-refractivity contribution in [1.29, 1.82) is 0 Å². The summed E-state index contributed by atoms with van der Waals surface area (Å²) in [5, 5.41) is 2.14. The molecule has 4 nitrogen and oxygen atoms in total. The molecule has 1 aliphatic heterocycles. The largest absolute Gasteiger partial charge is 0.330 e. The van der Waals surface area contributed by atoms with Gasteiger partial charge in [0.15, 0.2) is 0 Å². The number of hydrogen-bond donors (Lipinski definition) is 0. The van der Waals surface area contributed by atoms with Gasteiger partial charge in [-0.3, -0.25) is 9.59 Å². The first-order valence-electron chi connectivity index (χ1n) is 11.4. The van der Waals surface area contributed by atoms with Crippen LogP contribution >= 0.6 is 11.3 Å². The molecule has 1 unspecified atom stereocenters. The van der Waals surface area contributed by atoms with Gasteiger partial charge in [0.1, 0.15) is 6.54 Å². The highest BCUT2D eigenvalue weighted by Gasteiger charge is 2.40. The molecule has 2 aromatic rings. The lowest BCUT2D eigenvalue weighted by Gasteiger charge is -2.38. The molecule has 1 aromatic heterocycles. The Morgan fingerprint density at radius 1 is 1.00 bits per heavy atom. The molecule has 0 radical (unpaired) electrons. The Bertz CT molecular complexity index is 899. The number of benzene rings is 1. The maximum absolute atomic E-state index is 13.6. The Kier molecular flexibility index (Phi) is 5.64. The molecule has 5 heteroatoms. The van der Waals surface area contributed by atoms with Crippen LogP contribution in [0.5, 0.6) is 0 Å². The molecule has 5 rings (SSSR count). The fourth-order valence-electron chi connectivity index (χ4n) is 5.17. The Labute approximate surface area is 182 Å². The minimum Gasteiger partial charge on any atom is -0.330 e. The second-order valence-electron chi connectivity index (χ2n) is 8.98. The fraction of sp³-hybridized carbons (Fsp3) is 0.520. The van der Waals surface area contributed by atoms with Crippen LogP contribution < -0.4 is 0 Å². The first-order chi connectivity index (χ1) is 14.7. The van der Waals surface area contributed by atoms with Crippen molar-refractivity contribution in [3.05, 3.63) is 57.8 Å². The van der Waals surface area contributed by atoms with Gasteiger partial charge in [0.05, 0.1) is 6.04 Å². The second kappa shape index (κ2) is 8.54. The van der Waals surface area contributed by atoms with Crippen LogP contribution in [0.2, 0.25) is 0 Å². The molecule has 2 amide bonds. The Balaban J connectivity index is 1.38. The summed E-state index contributed by atoms with van der Waals surface area (Å²) >= 11 is 1.79. The van der Waals surface area contributed by atoms with E-state index in [4.69, 9.17) is 0 Å². The highest BCUT2D eigenvalue weighted by atomic mass is 32.1. The van der Waals surface area contributed by atoms with Crippen LogP contribution in [0.4, 0.5) is 0 Å². The van der Waals surface area contributed by atoms with Crippen LogP contribution in [0.3, 0.4) is 0 Å². The predicted octanol–water partition coefficient (Wildman–Crippen LogP) is 4.79. The first-order valence-corrected chi connectivity index (χ1v) is 12.3. The van der Waals surface area contributed by atoms with E-state index in [2.05, 4.69) is 23.6 Å². The van der Waals surface area contributed by atoms with Gasteiger partial charge in [-0.1, -0.05) is 49.6 Å². The van der Waals surface area contributed by atoms with Crippen LogP contribution in [-0.2, 0) is 16.0 Å². The molecule has 0 N–H and O–H groups in total. The van der Waals surface area contributed by atoms with E-state index < -0.39 is 0 Å². The second-order valence-corrected chi connectivity index (χ2v) is 9.98. The third-order valence-corrected chi connectivity index (χ3v) is 7.93. The summed E-state index contributed by atoms with van der Waals surface area (Å²) in [5.74, 6) is 0.453. The molecule has 0 saturated heterocycles. The summed E-state index contributed by atoms with van der Waals surface area (Å²) in [7, 11) is 0. The Hall–Kier alpha value is -2.14. The zero-order valence-electron chi connectivity index (χ0n) is 17.5. The normalized spacial score (nSPS) is 21.9. The van der Waals surface area contributed by atoms with Crippen molar-refractivity contribution in [2.75, 3.05) is 13.1 Å². The highest BCUT2D eigenvalue weighted by Crippen LogP contribution is 2.38. The zero-order chi connectivity index (χ0) is 20.5. The average molecular weight is 423 g/mol. The smallest absolute Gasteiger partial charge is 0.243 e. The van der Waals surface area contributed by atoms with E-state index in [9.17, 15) is 9.59 Å². The minimum atomic E-state index is -0.0421. The van der Waals surface area contributed by atoms with Crippen molar-refractivity contribution in [2.24, 2.45) is 5.92 Å². The van der Waals surface area contributed by atoms with Gasteiger partial charge in [-0.2, -0.15) is 0 Å². The average Bonchev–Trinajstić information content (AvgIpc) is 3.53. The molecule has 158 valence electrons. The molecular formula is C25H30N2O2S. The van der Waals surface area contributed by atoms with Gasteiger partial charge in [0, 0.05) is 23.4 Å². The summed E-state index contributed by atoms with van der Waals surface area (Å²) in [5.41, 5.74) is 2.41. The summed E-state index contributed by atoms with van der Waals surface area (Å²) in [4.78, 5) is 32.2. The van der Waals surface area contributed by atoms with Gasteiger partial charge in [0.25, 0.3) is 0 Å². The van der Waals surface area contributed by atoms with Crippen LogP contribution in [-0.4, -0.2) is 40.7 Å². The number of carbonyl (C=O) groups is 2. The van der Waals surface area contributed by atoms with E-state index in [1.807, 2.05) is 28.0 Å². The lowest BCUT2D eigenvalue weighted by atomic mass is 9.88. The minimum absolute atomic E-state index is 0.0421. The standard InChI is InChI=1S/C25H30N2O2S/c28-23(17-27(20-11-12-20)25(29)19-9-5-2-6-10-19)26-15-13-22-21(14-16-30-22)24(26)18-7-3-1-4-8-18/h1,3-4,7-8,14,16,19-20,24H,2,5-6,9-13,15,17H2. The summed E-state index contributed by atoms with van der Waals surface area (Å²) in [6.07, 6.45) is 8.50. The fourth-order valence-corrected chi connectivity index (χ4v) is 6.08. The van der Waals surface area contributed by atoms with Crippen LogP contribution in [0.25, 0.3) is 0 Å². The van der Waals surface area contributed by atoms with Gasteiger partial charge in [-0.25, -0.2) is 0 Å². The van der Waals surface area contributed by atoms with Crippen molar-refractivity contribution in [1.82, 2.24) is 9.80 Å². The van der Waals surface area contributed by atoms with Gasteiger partial charge in [0.2, 0.25) is 11.8 Å². The van der Waals surface area contributed by atoms with E-state index in [0.717, 1.165) is 57.1 Å². The molecule has 1 aromatic carbocycles. The van der Waals surface area contributed by atoms with Crippen LogP contribution in [0.15, 0.2) is 41.8 Å². The molecule has 2 fully saturated rings. The molecule has 0 bridgehead atoms. The maximum atomic E-state index is 13.6. The van der Waals surface area contributed by atoms with Gasteiger partial charge in [-0.05, 0) is 54.7 Å². The summed E-state index contributed by atoms with van der Waals surface area (Å²) < 4.78 is 0. The lowest BCUT2D eigenvalue weighted by Crippen LogP contribution is -2.48. The molecule has 3 aliphatic rings.